The van der Waals surface area contributed by atoms with Crippen LogP contribution in [0.4, 0.5) is 0 Å². The first-order valence-electron chi connectivity index (χ1n) is 7.70. The Morgan fingerprint density at radius 1 is 1.12 bits per heavy atom. The van der Waals surface area contributed by atoms with Gasteiger partial charge in [0.25, 0.3) is 5.91 Å². The van der Waals surface area contributed by atoms with Gasteiger partial charge in [0.1, 0.15) is 5.75 Å². The molecule has 0 saturated heterocycles. The van der Waals surface area contributed by atoms with Crippen molar-refractivity contribution >= 4 is 5.91 Å². The zero-order chi connectivity index (χ0) is 16.8. The molecule has 0 unspecified atom stereocenters. The van der Waals surface area contributed by atoms with E-state index in [0.29, 0.717) is 24.3 Å². The Bertz CT molecular complexity index is 812. The number of benzene rings is 2. The largest absolute Gasteiger partial charge is 0.496 e. The van der Waals surface area contributed by atoms with E-state index in [4.69, 9.17) is 9.26 Å². The van der Waals surface area contributed by atoms with Crippen LogP contribution in [0, 0.1) is 0 Å². The molecule has 0 aliphatic rings. The summed E-state index contributed by atoms with van der Waals surface area (Å²) in [7, 11) is 1.55. The van der Waals surface area contributed by atoms with Gasteiger partial charge in [-0.3, -0.25) is 4.79 Å². The summed E-state index contributed by atoms with van der Waals surface area (Å²) in [5.41, 5.74) is 2.30. The third-order valence-electron chi connectivity index (χ3n) is 3.64. The van der Waals surface area contributed by atoms with Crippen LogP contribution in [0.1, 0.15) is 16.1 Å². The number of rotatable bonds is 6. The highest BCUT2D eigenvalue weighted by Crippen LogP contribution is 2.20. The fourth-order valence-electron chi connectivity index (χ4n) is 2.40. The fraction of sp³-hybridized carbons (Fsp3) is 0.158. The van der Waals surface area contributed by atoms with Crippen molar-refractivity contribution in [1.29, 1.82) is 0 Å². The number of aromatic nitrogens is 1. The van der Waals surface area contributed by atoms with Gasteiger partial charge in [-0.15, -0.1) is 0 Å². The molecule has 122 valence electrons. The predicted molar refractivity (Wildman–Crippen MR) is 91.0 cm³/mol. The Kier molecular flexibility index (Phi) is 4.91. The van der Waals surface area contributed by atoms with Crippen molar-refractivity contribution in [3.63, 3.8) is 0 Å². The van der Waals surface area contributed by atoms with Gasteiger partial charge < -0.3 is 14.6 Å². The van der Waals surface area contributed by atoms with E-state index in [9.17, 15) is 4.79 Å². The quantitative estimate of drug-likeness (QED) is 0.756. The number of nitrogens with one attached hydrogen (secondary N) is 1. The maximum absolute atomic E-state index is 12.2. The predicted octanol–water partition coefficient (Wildman–Crippen LogP) is 3.32. The summed E-state index contributed by atoms with van der Waals surface area (Å²) >= 11 is 0. The second-order valence-corrected chi connectivity index (χ2v) is 5.25. The molecule has 0 fully saturated rings. The molecule has 0 aliphatic carbocycles. The van der Waals surface area contributed by atoms with Crippen LogP contribution >= 0.6 is 0 Å². The Balaban J connectivity index is 1.57. The van der Waals surface area contributed by atoms with E-state index in [2.05, 4.69) is 10.5 Å². The first-order chi connectivity index (χ1) is 11.8. The average Bonchev–Trinajstić information content (AvgIpc) is 3.11. The smallest absolute Gasteiger partial charge is 0.255 e. The van der Waals surface area contributed by atoms with E-state index in [1.54, 1.807) is 25.3 Å². The van der Waals surface area contributed by atoms with E-state index < -0.39 is 0 Å². The molecular formula is C19H18N2O3. The van der Waals surface area contributed by atoms with Gasteiger partial charge in [-0.25, -0.2) is 0 Å². The van der Waals surface area contributed by atoms with E-state index in [1.165, 1.54) is 0 Å². The second-order valence-electron chi connectivity index (χ2n) is 5.25. The molecule has 0 bridgehead atoms. The fourth-order valence-corrected chi connectivity index (χ4v) is 2.40. The number of carbonyl (C=O) groups is 1. The lowest BCUT2D eigenvalue weighted by molar-refractivity contribution is 0.0951. The number of para-hydroxylation sites is 1. The lowest BCUT2D eigenvalue weighted by Crippen LogP contribution is -2.26. The third-order valence-corrected chi connectivity index (χ3v) is 3.64. The minimum atomic E-state index is -0.167. The molecule has 0 spiro atoms. The molecule has 0 atom stereocenters. The molecule has 3 rings (SSSR count). The summed E-state index contributed by atoms with van der Waals surface area (Å²) in [4.78, 5) is 12.2. The molecule has 24 heavy (non-hydrogen) atoms. The molecule has 0 radical (unpaired) electrons. The van der Waals surface area contributed by atoms with E-state index in [-0.39, 0.29) is 5.91 Å². The average molecular weight is 322 g/mol. The molecule has 5 heteroatoms. The zero-order valence-electron chi connectivity index (χ0n) is 13.4. The number of amides is 1. The number of methoxy groups -OCH3 is 1. The lowest BCUT2D eigenvalue weighted by atomic mass is 10.1. The topological polar surface area (TPSA) is 64.4 Å². The lowest BCUT2D eigenvalue weighted by Gasteiger charge is -2.08. The van der Waals surface area contributed by atoms with Crippen LogP contribution in [0.25, 0.3) is 11.3 Å². The summed E-state index contributed by atoms with van der Waals surface area (Å²) in [6.45, 7) is 0.470. The second kappa shape index (κ2) is 7.46. The maximum Gasteiger partial charge on any atom is 0.255 e. The highest BCUT2D eigenvalue weighted by molar-refractivity contribution is 5.96. The standard InChI is InChI=1S/C19H18N2O3/c1-23-17-10-6-5-9-16(17)19(22)20-12-11-15-13-18(24-21-15)14-7-3-2-4-8-14/h2-10,13H,11-12H2,1H3,(H,20,22). The van der Waals surface area contributed by atoms with Crippen LogP contribution in [-0.2, 0) is 6.42 Å². The SMILES string of the molecule is COc1ccccc1C(=O)NCCc1cc(-c2ccccc2)on1. The van der Waals surface area contributed by atoms with Crippen LogP contribution in [0.2, 0.25) is 0 Å². The summed E-state index contributed by atoms with van der Waals surface area (Å²) in [5, 5.41) is 6.92. The molecule has 2 aromatic carbocycles. The Morgan fingerprint density at radius 2 is 1.88 bits per heavy atom. The molecule has 5 nitrogen and oxygen atoms in total. The maximum atomic E-state index is 12.2. The third kappa shape index (κ3) is 3.63. The molecular weight excluding hydrogens is 304 g/mol. The van der Waals surface area contributed by atoms with E-state index in [1.807, 2.05) is 42.5 Å². The minimum absolute atomic E-state index is 0.167. The van der Waals surface area contributed by atoms with Crippen LogP contribution in [-0.4, -0.2) is 24.7 Å². The van der Waals surface area contributed by atoms with E-state index in [0.717, 1.165) is 17.0 Å². The molecule has 1 heterocycles. The normalized spacial score (nSPS) is 10.4. The highest BCUT2D eigenvalue weighted by Gasteiger charge is 2.11. The van der Waals surface area contributed by atoms with Gasteiger partial charge in [-0.05, 0) is 12.1 Å². The summed E-state index contributed by atoms with van der Waals surface area (Å²) < 4.78 is 10.5. The van der Waals surface area contributed by atoms with Crippen LogP contribution in [0.5, 0.6) is 5.75 Å². The summed E-state index contributed by atoms with van der Waals surface area (Å²) in [5.74, 6) is 1.11. The molecule has 0 saturated carbocycles. The van der Waals surface area contributed by atoms with Crippen molar-refractivity contribution in [2.75, 3.05) is 13.7 Å². The molecule has 0 aliphatic heterocycles. The molecule has 1 aromatic heterocycles. The minimum Gasteiger partial charge on any atom is -0.496 e. The van der Waals surface area contributed by atoms with E-state index >= 15 is 0 Å². The summed E-state index contributed by atoms with van der Waals surface area (Å²) in [6, 6.07) is 18.8. The highest BCUT2D eigenvalue weighted by atomic mass is 16.5. The van der Waals surface area contributed by atoms with Gasteiger partial charge in [0.2, 0.25) is 0 Å². The number of nitrogens with zero attached hydrogens (tertiary/aromatic N) is 1. The van der Waals surface area contributed by atoms with Gasteiger partial charge in [-0.1, -0.05) is 47.6 Å². The Hall–Kier alpha value is -3.08. The first kappa shape index (κ1) is 15.8. The first-order valence-corrected chi connectivity index (χ1v) is 7.70. The Labute approximate surface area is 140 Å². The molecule has 3 aromatic rings. The van der Waals surface area contributed by atoms with Crippen molar-refractivity contribution in [1.82, 2.24) is 10.5 Å². The zero-order valence-corrected chi connectivity index (χ0v) is 13.4. The Morgan fingerprint density at radius 3 is 2.67 bits per heavy atom. The van der Waals surface area contributed by atoms with Crippen LogP contribution in [0.3, 0.4) is 0 Å². The van der Waals surface area contributed by atoms with Crippen molar-refractivity contribution in [3.8, 4) is 17.1 Å². The van der Waals surface area contributed by atoms with Gasteiger partial charge in [0, 0.05) is 24.6 Å². The van der Waals surface area contributed by atoms with Gasteiger partial charge in [0.15, 0.2) is 5.76 Å². The van der Waals surface area contributed by atoms with Crippen molar-refractivity contribution in [3.05, 3.63) is 71.9 Å². The number of hydrogen-bond donors (Lipinski definition) is 1. The van der Waals surface area contributed by atoms with Crippen LogP contribution < -0.4 is 10.1 Å². The number of ether oxygens (including phenoxy) is 1. The number of carbonyl (C=O) groups excluding carboxylic acids is 1. The molecule has 1 amide bonds. The van der Waals surface area contributed by atoms with Crippen LogP contribution in [0.15, 0.2) is 65.2 Å². The summed E-state index contributed by atoms with van der Waals surface area (Å²) in [6.07, 6.45) is 0.594. The van der Waals surface area contributed by atoms with Gasteiger partial charge in [0.05, 0.1) is 18.4 Å². The van der Waals surface area contributed by atoms with Gasteiger partial charge in [-0.2, -0.15) is 0 Å². The monoisotopic (exact) mass is 322 g/mol. The van der Waals surface area contributed by atoms with Gasteiger partial charge >= 0.3 is 0 Å². The van der Waals surface area contributed by atoms with Crippen molar-refractivity contribution in [2.45, 2.75) is 6.42 Å². The number of hydrogen-bond acceptors (Lipinski definition) is 4. The van der Waals surface area contributed by atoms with Crippen molar-refractivity contribution in [2.24, 2.45) is 0 Å². The molecule has 1 N–H and O–H groups in total. The van der Waals surface area contributed by atoms with Crippen molar-refractivity contribution < 1.29 is 14.1 Å².